The first kappa shape index (κ1) is 14.3. The van der Waals surface area contributed by atoms with Gasteiger partial charge in [-0.15, -0.1) is 0 Å². The molecule has 0 spiro atoms. The predicted molar refractivity (Wildman–Crippen MR) is 72.4 cm³/mol. The highest BCUT2D eigenvalue weighted by Crippen LogP contribution is 2.37. The first-order valence-electron chi connectivity index (χ1n) is 6.75. The van der Waals surface area contributed by atoms with Gasteiger partial charge in [0.25, 0.3) is 0 Å². The highest BCUT2D eigenvalue weighted by Gasteiger charge is 2.40. The average molecular weight is 266 g/mol. The van der Waals surface area contributed by atoms with Crippen molar-refractivity contribution in [2.45, 2.75) is 31.5 Å². The van der Waals surface area contributed by atoms with E-state index in [0.717, 1.165) is 11.3 Å². The lowest BCUT2D eigenvalue weighted by Gasteiger charge is -2.39. The first-order chi connectivity index (χ1) is 9.22. The van der Waals surface area contributed by atoms with Gasteiger partial charge in [0.1, 0.15) is 17.5 Å². The summed E-state index contributed by atoms with van der Waals surface area (Å²) in [6.45, 7) is 3.84. The Morgan fingerprint density at radius 2 is 1.89 bits per heavy atom. The Kier molecular flexibility index (Phi) is 4.80. The summed E-state index contributed by atoms with van der Waals surface area (Å²) in [6.07, 6.45) is 0.771. The molecule has 1 aliphatic heterocycles. The van der Waals surface area contributed by atoms with Gasteiger partial charge in [-0.25, -0.2) is 0 Å². The molecule has 0 bridgehead atoms. The Morgan fingerprint density at radius 3 is 2.42 bits per heavy atom. The largest absolute Gasteiger partial charge is 0.494 e. The van der Waals surface area contributed by atoms with Crippen molar-refractivity contribution in [2.75, 3.05) is 26.9 Å². The summed E-state index contributed by atoms with van der Waals surface area (Å²) in [5.41, 5.74) is 0.318. The van der Waals surface area contributed by atoms with E-state index in [1.165, 1.54) is 0 Å². The average Bonchev–Trinajstić information content (AvgIpc) is 2.48. The Balaban J connectivity index is 2.14. The number of benzene rings is 1. The van der Waals surface area contributed by atoms with Crippen molar-refractivity contribution >= 4 is 0 Å². The third kappa shape index (κ3) is 3.08. The Morgan fingerprint density at radius 1 is 1.26 bits per heavy atom. The molecule has 1 unspecified atom stereocenters. The summed E-state index contributed by atoms with van der Waals surface area (Å²) in [6, 6.07) is 7.55. The molecule has 1 atom stereocenters. The molecule has 0 saturated carbocycles. The molecule has 1 aromatic rings. The van der Waals surface area contributed by atoms with Crippen molar-refractivity contribution in [2.24, 2.45) is 0 Å². The second-order valence-electron chi connectivity index (χ2n) is 4.79. The number of hydrogen-bond donors (Lipinski definition) is 1. The van der Waals surface area contributed by atoms with Crippen LogP contribution in [0.5, 0.6) is 5.75 Å². The van der Waals surface area contributed by atoms with Gasteiger partial charge in [0.15, 0.2) is 0 Å². The molecule has 0 aliphatic carbocycles. The summed E-state index contributed by atoms with van der Waals surface area (Å²) < 4.78 is 16.4. The molecule has 0 aromatic heterocycles. The van der Waals surface area contributed by atoms with Crippen LogP contribution >= 0.6 is 0 Å². The number of rotatable bonds is 5. The molecule has 1 saturated heterocycles. The van der Waals surface area contributed by atoms with E-state index in [2.05, 4.69) is 0 Å². The molecule has 1 heterocycles. The molecule has 0 amide bonds. The molecule has 106 valence electrons. The fourth-order valence-electron chi connectivity index (χ4n) is 2.52. The van der Waals surface area contributed by atoms with Gasteiger partial charge in [-0.05, 0) is 24.6 Å². The molecule has 19 heavy (non-hydrogen) atoms. The van der Waals surface area contributed by atoms with Crippen molar-refractivity contribution in [1.29, 1.82) is 0 Å². The van der Waals surface area contributed by atoms with Crippen LogP contribution in [0.4, 0.5) is 0 Å². The maximum absolute atomic E-state index is 10.6. The molecule has 1 aromatic carbocycles. The molecular weight excluding hydrogens is 244 g/mol. The SMILES string of the molecule is CCOc1ccc(C(O)C2(OC)CCOCC2)cc1. The van der Waals surface area contributed by atoms with Gasteiger partial charge >= 0.3 is 0 Å². The summed E-state index contributed by atoms with van der Waals surface area (Å²) in [5.74, 6) is 0.817. The summed E-state index contributed by atoms with van der Waals surface area (Å²) in [5, 5.41) is 10.6. The predicted octanol–water partition coefficient (Wildman–Crippen LogP) is 2.31. The lowest BCUT2D eigenvalue weighted by atomic mass is 9.84. The van der Waals surface area contributed by atoms with E-state index >= 15 is 0 Å². The van der Waals surface area contributed by atoms with Crippen molar-refractivity contribution in [3.05, 3.63) is 29.8 Å². The Hall–Kier alpha value is -1.10. The summed E-state index contributed by atoms with van der Waals surface area (Å²) in [7, 11) is 1.66. The number of hydrogen-bond acceptors (Lipinski definition) is 4. The van der Waals surface area contributed by atoms with E-state index in [9.17, 15) is 5.11 Å². The van der Waals surface area contributed by atoms with E-state index in [1.54, 1.807) is 7.11 Å². The van der Waals surface area contributed by atoms with Gasteiger partial charge in [-0.2, -0.15) is 0 Å². The zero-order valence-electron chi connectivity index (χ0n) is 11.6. The molecule has 2 rings (SSSR count). The lowest BCUT2D eigenvalue weighted by Crippen LogP contribution is -2.43. The fourth-order valence-corrected chi connectivity index (χ4v) is 2.52. The van der Waals surface area contributed by atoms with Crippen LogP contribution in [0.1, 0.15) is 31.4 Å². The van der Waals surface area contributed by atoms with E-state index < -0.39 is 11.7 Å². The van der Waals surface area contributed by atoms with Gasteiger partial charge in [0.05, 0.1) is 6.61 Å². The monoisotopic (exact) mass is 266 g/mol. The van der Waals surface area contributed by atoms with Gasteiger partial charge in [-0.3, -0.25) is 0 Å². The van der Waals surface area contributed by atoms with Crippen LogP contribution < -0.4 is 4.74 Å². The number of aliphatic hydroxyl groups excluding tert-OH is 1. The quantitative estimate of drug-likeness (QED) is 0.888. The highest BCUT2D eigenvalue weighted by molar-refractivity contribution is 5.30. The third-order valence-electron chi connectivity index (χ3n) is 3.75. The minimum atomic E-state index is -0.642. The molecule has 1 fully saturated rings. The first-order valence-corrected chi connectivity index (χ1v) is 6.75. The molecule has 1 aliphatic rings. The van der Waals surface area contributed by atoms with E-state index in [1.807, 2.05) is 31.2 Å². The highest BCUT2D eigenvalue weighted by atomic mass is 16.5. The van der Waals surface area contributed by atoms with E-state index in [0.29, 0.717) is 32.7 Å². The molecule has 1 N–H and O–H groups in total. The van der Waals surface area contributed by atoms with Crippen LogP contribution in [0.2, 0.25) is 0 Å². The number of ether oxygens (including phenoxy) is 3. The molecule has 0 radical (unpaired) electrons. The normalized spacial score (nSPS) is 19.9. The van der Waals surface area contributed by atoms with Gasteiger partial charge < -0.3 is 19.3 Å². The number of aliphatic hydroxyl groups is 1. The lowest BCUT2D eigenvalue weighted by molar-refractivity contribution is -0.154. The third-order valence-corrected chi connectivity index (χ3v) is 3.75. The maximum Gasteiger partial charge on any atom is 0.119 e. The van der Waals surface area contributed by atoms with Crippen LogP contribution in [0.15, 0.2) is 24.3 Å². The van der Waals surface area contributed by atoms with E-state index in [-0.39, 0.29) is 0 Å². The topological polar surface area (TPSA) is 47.9 Å². The second kappa shape index (κ2) is 6.37. The van der Waals surface area contributed by atoms with Crippen LogP contribution in [0.25, 0.3) is 0 Å². The van der Waals surface area contributed by atoms with Crippen molar-refractivity contribution in [3.63, 3.8) is 0 Å². The standard InChI is InChI=1S/C15H22O4/c1-3-19-13-6-4-12(5-7-13)14(16)15(17-2)8-10-18-11-9-15/h4-7,14,16H,3,8-11H2,1-2H3. The van der Waals surface area contributed by atoms with Crippen LogP contribution in [0.3, 0.4) is 0 Å². The van der Waals surface area contributed by atoms with E-state index in [4.69, 9.17) is 14.2 Å². The molecular formula is C15H22O4. The van der Waals surface area contributed by atoms with Crippen molar-refractivity contribution < 1.29 is 19.3 Å². The van der Waals surface area contributed by atoms with Gasteiger partial charge in [0, 0.05) is 33.2 Å². The minimum absolute atomic E-state index is 0.536. The van der Waals surface area contributed by atoms with Gasteiger partial charge in [-0.1, -0.05) is 12.1 Å². The van der Waals surface area contributed by atoms with Crippen LogP contribution in [-0.2, 0) is 9.47 Å². The number of methoxy groups -OCH3 is 1. The van der Waals surface area contributed by atoms with Crippen molar-refractivity contribution in [3.8, 4) is 5.75 Å². The van der Waals surface area contributed by atoms with Crippen LogP contribution in [-0.4, -0.2) is 37.6 Å². The Bertz CT molecular complexity index is 382. The molecule has 4 nitrogen and oxygen atoms in total. The molecule has 4 heteroatoms. The van der Waals surface area contributed by atoms with Crippen molar-refractivity contribution in [1.82, 2.24) is 0 Å². The summed E-state index contributed by atoms with van der Waals surface area (Å²) in [4.78, 5) is 0. The minimum Gasteiger partial charge on any atom is -0.494 e. The smallest absolute Gasteiger partial charge is 0.119 e. The second-order valence-corrected chi connectivity index (χ2v) is 4.79. The fraction of sp³-hybridized carbons (Fsp3) is 0.600. The zero-order valence-corrected chi connectivity index (χ0v) is 11.6. The zero-order chi connectivity index (χ0) is 13.7. The Labute approximate surface area is 114 Å². The van der Waals surface area contributed by atoms with Gasteiger partial charge in [0.2, 0.25) is 0 Å². The summed E-state index contributed by atoms with van der Waals surface area (Å²) >= 11 is 0. The van der Waals surface area contributed by atoms with Crippen LogP contribution in [0, 0.1) is 0 Å². The maximum atomic E-state index is 10.6.